The molecule has 2 N–H and O–H groups in total. The number of amides is 1. The summed E-state index contributed by atoms with van der Waals surface area (Å²) in [6, 6.07) is 13.3. The van der Waals surface area contributed by atoms with Crippen molar-refractivity contribution < 1.29 is 57.4 Å². The molecular weight excluding hydrogens is 822 g/mol. The molecule has 0 aliphatic carbocycles. The Kier molecular flexibility index (Phi) is 13.6. The number of carbonyl (C=O) groups is 3. The van der Waals surface area contributed by atoms with Crippen LogP contribution in [-0.2, 0) is 42.7 Å². The van der Waals surface area contributed by atoms with Gasteiger partial charge in [-0.25, -0.2) is 9.59 Å². The number of carbonyl (C=O) groups excluding carboxylic acids is 3. The van der Waals surface area contributed by atoms with Gasteiger partial charge in [0.2, 0.25) is 5.79 Å². The number of methoxy groups -OCH3 is 2. The van der Waals surface area contributed by atoms with Gasteiger partial charge in [-0.1, -0.05) is 64.8 Å². The van der Waals surface area contributed by atoms with Gasteiger partial charge < -0.3 is 48.3 Å². The third-order valence-corrected chi connectivity index (χ3v) is 11.4. The molecule has 53 heavy (non-hydrogen) atoms. The zero-order valence-electron chi connectivity index (χ0n) is 30.5. The number of hydrogen-bond donors (Lipinski definition) is 2. The van der Waals surface area contributed by atoms with Crippen LogP contribution >= 0.6 is 31.9 Å². The summed E-state index contributed by atoms with van der Waals surface area (Å²) in [5.74, 6) is -3.70. The minimum atomic E-state index is -1.75. The molecule has 1 amide bonds. The third-order valence-electron chi connectivity index (χ3n) is 10.4. The van der Waals surface area contributed by atoms with Crippen LogP contribution in [0.4, 0.5) is 0 Å². The molecule has 3 saturated heterocycles. The Morgan fingerprint density at radius 3 is 2.13 bits per heavy atom. The van der Waals surface area contributed by atoms with Crippen LogP contribution in [0.5, 0.6) is 0 Å². The molecule has 10 atom stereocenters. The van der Waals surface area contributed by atoms with E-state index in [-0.39, 0.29) is 38.3 Å². The maximum absolute atomic E-state index is 13.7. The molecule has 0 unspecified atom stereocenters. The fourth-order valence-electron chi connectivity index (χ4n) is 6.97. The van der Waals surface area contributed by atoms with Gasteiger partial charge in [0.25, 0.3) is 5.91 Å². The Bertz CT molecular complexity index is 1620. The van der Waals surface area contributed by atoms with Gasteiger partial charge >= 0.3 is 11.9 Å². The molecule has 13 nitrogen and oxygen atoms in total. The molecule has 5 rings (SSSR count). The molecule has 3 aliphatic rings. The van der Waals surface area contributed by atoms with Crippen LogP contribution in [-0.4, -0.2) is 105 Å². The summed E-state index contributed by atoms with van der Waals surface area (Å²) in [6.45, 7) is 11.3. The third kappa shape index (κ3) is 9.22. The van der Waals surface area contributed by atoms with Crippen molar-refractivity contribution in [2.75, 3.05) is 27.6 Å². The van der Waals surface area contributed by atoms with Gasteiger partial charge in [0.15, 0.2) is 12.3 Å². The van der Waals surface area contributed by atoms with Crippen molar-refractivity contribution in [1.82, 2.24) is 5.32 Å². The first kappa shape index (κ1) is 41.4. The molecule has 2 aromatic rings. The van der Waals surface area contributed by atoms with Crippen LogP contribution in [0.2, 0.25) is 0 Å². The number of fused-ring (bicyclic) bond motifs is 1. The average molecular weight is 870 g/mol. The van der Waals surface area contributed by atoms with Crippen LogP contribution in [0.3, 0.4) is 0 Å². The number of benzene rings is 2. The van der Waals surface area contributed by atoms with E-state index < -0.39 is 71.9 Å². The molecule has 0 bridgehead atoms. The van der Waals surface area contributed by atoms with Gasteiger partial charge in [-0.2, -0.15) is 0 Å². The predicted octanol–water partition coefficient (Wildman–Crippen LogP) is 5.31. The van der Waals surface area contributed by atoms with E-state index in [1.807, 2.05) is 27.7 Å². The Hall–Kier alpha value is -2.73. The highest BCUT2D eigenvalue weighted by Crippen LogP contribution is 2.44. The fraction of sp³-hybridized carbons (Fsp3) is 0.553. The average Bonchev–Trinajstić information content (AvgIpc) is 3.13. The maximum atomic E-state index is 13.7. The van der Waals surface area contributed by atoms with Gasteiger partial charge in [-0.15, -0.1) is 0 Å². The molecule has 0 aromatic heterocycles. The van der Waals surface area contributed by atoms with Crippen molar-refractivity contribution in [3.63, 3.8) is 0 Å². The number of aliphatic hydroxyl groups is 1. The second-order valence-corrected chi connectivity index (χ2v) is 16.0. The number of aliphatic hydroxyl groups excluding tert-OH is 1. The number of esters is 2. The highest BCUT2D eigenvalue weighted by molar-refractivity contribution is 9.10. The smallest absolute Gasteiger partial charge is 0.338 e. The summed E-state index contributed by atoms with van der Waals surface area (Å²) in [5.41, 5.74) is 0.640. The molecule has 3 fully saturated rings. The summed E-state index contributed by atoms with van der Waals surface area (Å²) in [7, 11) is 2.91. The van der Waals surface area contributed by atoms with Crippen LogP contribution in [0.1, 0.15) is 61.3 Å². The summed E-state index contributed by atoms with van der Waals surface area (Å²) in [4.78, 5) is 40.1. The molecule has 290 valence electrons. The van der Waals surface area contributed by atoms with Crippen molar-refractivity contribution in [1.29, 1.82) is 0 Å². The Morgan fingerprint density at radius 1 is 0.962 bits per heavy atom. The number of rotatable bonds is 12. The predicted molar refractivity (Wildman–Crippen MR) is 198 cm³/mol. The van der Waals surface area contributed by atoms with Gasteiger partial charge in [0.05, 0.1) is 29.4 Å². The normalized spacial score (nSPS) is 30.7. The standard InChI is InChI=1S/C38H47Br2NO12/c1-20-17-38(47-7,53-22(3)21(20)2)31(42)33(43)41-34-30-29(49-19-50-34)32(46-6)37(4,5)28(52-30)16-27(51-36(45)24-10-14-26(40)15-11-24)18-48-35(44)23-8-12-25(39)13-9-23/h8-15,21-22,27-32,34,42H,1,16-19H2,2-7H3,(H,41,43)/t21-,22-,27-,28-,29+,30+,31-,32-,34+,38-/m1/s1. The number of ether oxygens (including phenoxy) is 8. The highest BCUT2D eigenvalue weighted by Gasteiger charge is 2.57. The fourth-order valence-corrected chi connectivity index (χ4v) is 7.49. The first-order valence-corrected chi connectivity index (χ1v) is 18.9. The van der Waals surface area contributed by atoms with E-state index in [1.54, 1.807) is 55.6 Å². The second-order valence-electron chi connectivity index (χ2n) is 14.2. The molecule has 0 saturated carbocycles. The van der Waals surface area contributed by atoms with Crippen LogP contribution < -0.4 is 5.32 Å². The molecule has 0 spiro atoms. The van der Waals surface area contributed by atoms with Crippen LogP contribution in [0.25, 0.3) is 0 Å². The molecule has 0 radical (unpaired) electrons. The lowest BCUT2D eigenvalue weighted by molar-refractivity contribution is -0.333. The topological polar surface area (TPSA) is 157 Å². The molecule has 15 heteroatoms. The van der Waals surface area contributed by atoms with Gasteiger partial charge in [-0.05, 0) is 55.5 Å². The zero-order chi connectivity index (χ0) is 38.7. The minimum absolute atomic E-state index is 0.00252. The number of halogens is 2. The quantitative estimate of drug-likeness (QED) is 0.210. The first-order valence-electron chi connectivity index (χ1n) is 17.3. The Labute approximate surface area is 326 Å². The Morgan fingerprint density at radius 2 is 1.57 bits per heavy atom. The summed E-state index contributed by atoms with van der Waals surface area (Å²) < 4.78 is 49.4. The van der Waals surface area contributed by atoms with Crippen molar-refractivity contribution in [2.24, 2.45) is 11.3 Å². The lowest BCUT2D eigenvalue weighted by Gasteiger charge is -2.54. The monoisotopic (exact) mass is 867 g/mol. The van der Waals surface area contributed by atoms with Gasteiger partial charge in [0, 0.05) is 47.3 Å². The van der Waals surface area contributed by atoms with Crippen LogP contribution in [0, 0.1) is 11.3 Å². The van der Waals surface area contributed by atoms with E-state index in [1.165, 1.54) is 7.11 Å². The van der Waals surface area contributed by atoms with Gasteiger partial charge in [-0.3, -0.25) is 4.79 Å². The van der Waals surface area contributed by atoms with Crippen molar-refractivity contribution in [2.45, 2.75) is 95.3 Å². The second kappa shape index (κ2) is 17.4. The number of nitrogens with one attached hydrogen (secondary N) is 1. The first-order chi connectivity index (χ1) is 25.1. The van der Waals surface area contributed by atoms with E-state index in [4.69, 9.17) is 37.9 Å². The zero-order valence-corrected chi connectivity index (χ0v) is 33.7. The van der Waals surface area contributed by atoms with E-state index in [0.29, 0.717) is 11.1 Å². The van der Waals surface area contributed by atoms with Gasteiger partial charge in [0.1, 0.15) is 31.7 Å². The SMILES string of the molecule is C=C1C[C@](OC)([C@H](O)C(=O)N[C@H]2OCO[C@H]3[C@@H]2O[C@H](C[C@H](COC(=O)c2ccc(Br)cc2)OC(=O)c2ccc(Br)cc2)C(C)(C)[C@@H]3OC)O[C@H](C)[C@@H]1C. The largest absolute Gasteiger partial charge is 0.458 e. The molecule has 2 aromatic carbocycles. The van der Waals surface area contributed by atoms with Crippen molar-refractivity contribution >= 4 is 49.7 Å². The maximum Gasteiger partial charge on any atom is 0.338 e. The molecule has 3 heterocycles. The van der Waals surface area contributed by atoms with Crippen molar-refractivity contribution in [3.8, 4) is 0 Å². The lowest BCUT2D eigenvalue weighted by atomic mass is 9.72. The Balaban J connectivity index is 1.37. The highest BCUT2D eigenvalue weighted by atomic mass is 79.9. The summed E-state index contributed by atoms with van der Waals surface area (Å²) >= 11 is 6.74. The van der Waals surface area contributed by atoms with E-state index in [9.17, 15) is 19.5 Å². The van der Waals surface area contributed by atoms with E-state index >= 15 is 0 Å². The van der Waals surface area contributed by atoms with Crippen LogP contribution in [0.15, 0.2) is 69.6 Å². The van der Waals surface area contributed by atoms with Crippen molar-refractivity contribution in [3.05, 3.63) is 80.8 Å². The lowest BCUT2D eigenvalue weighted by Crippen LogP contribution is -2.69. The molecule has 3 aliphatic heterocycles. The molecular formula is C38H47Br2NO12. The van der Waals surface area contributed by atoms with E-state index in [0.717, 1.165) is 14.5 Å². The minimum Gasteiger partial charge on any atom is -0.458 e. The summed E-state index contributed by atoms with van der Waals surface area (Å²) in [6.07, 6.45) is -6.95. The summed E-state index contributed by atoms with van der Waals surface area (Å²) in [5, 5.41) is 14.1. The van der Waals surface area contributed by atoms with E-state index in [2.05, 4.69) is 43.8 Å². The number of hydrogen-bond acceptors (Lipinski definition) is 12.